The molecule has 0 unspecified atom stereocenters. The van der Waals surface area contributed by atoms with Crippen molar-refractivity contribution in [1.29, 1.82) is 5.26 Å². The first-order valence-corrected chi connectivity index (χ1v) is 13.6. The van der Waals surface area contributed by atoms with Gasteiger partial charge in [-0.05, 0) is 57.8 Å². The molecule has 0 aliphatic carbocycles. The molecule has 10 nitrogen and oxygen atoms in total. The highest BCUT2D eigenvalue weighted by molar-refractivity contribution is 5.67. The third-order valence-corrected chi connectivity index (χ3v) is 8.17. The highest BCUT2D eigenvalue weighted by atomic mass is 16.5. The summed E-state index contributed by atoms with van der Waals surface area (Å²) in [4.78, 5) is 28.1. The maximum Gasteiger partial charge on any atom is 0.407 e. The summed E-state index contributed by atoms with van der Waals surface area (Å²) in [5, 5.41) is 23.4. The normalized spacial score (nSPS) is 23.9. The molecule has 2 N–H and O–H groups in total. The molecule has 4 heterocycles. The summed E-state index contributed by atoms with van der Waals surface area (Å²) >= 11 is 0. The molecule has 10 heteroatoms. The SMILES string of the molecule is CN1CCC[C@H]1COc1nc2c(c(N3CCN(C(=O)O)[C@](CC#N)(Cc4ccccc4)C3)n1)CCCNC2. The summed E-state index contributed by atoms with van der Waals surface area (Å²) in [5.41, 5.74) is 2.15. The minimum absolute atomic E-state index is 0.0941. The number of amides is 1. The Hall–Kier alpha value is -3.42. The van der Waals surface area contributed by atoms with Gasteiger partial charge in [0.25, 0.3) is 0 Å². The van der Waals surface area contributed by atoms with E-state index in [1.165, 1.54) is 11.3 Å². The molecular formula is C28H37N7O3. The van der Waals surface area contributed by atoms with E-state index >= 15 is 0 Å². The Labute approximate surface area is 224 Å². The van der Waals surface area contributed by atoms with Crippen molar-refractivity contribution >= 4 is 11.9 Å². The Kier molecular flexibility index (Phi) is 7.95. The molecule has 2 fully saturated rings. The van der Waals surface area contributed by atoms with Crippen molar-refractivity contribution in [1.82, 2.24) is 25.1 Å². The van der Waals surface area contributed by atoms with Crippen molar-refractivity contribution in [3.63, 3.8) is 0 Å². The minimum Gasteiger partial charge on any atom is -0.465 e. The van der Waals surface area contributed by atoms with Crippen LogP contribution in [0.3, 0.4) is 0 Å². The summed E-state index contributed by atoms with van der Waals surface area (Å²) in [6.45, 7) is 4.33. The molecule has 1 amide bonds. The Bertz CT molecular complexity index is 1170. The standard InChI is InChI=1S/C28H37N7O3/c1-33-14-6-9-22(33)19-38-26-31-24-18-30-13-5-10-23(24)25(32-26)34-15-16-35(27(36)37)28(20-34,11-12-29)17-21-7-3-2-4-8-21/h2-4,7-8,22,30H,5-6,9-11,13-20H2,1H3,(H,36,37)/t22-,28+/m0/s1. The molecule has 202 valence electrons. The van der Waals surface area contributed by atoms with Gasteiger partial charge in [-0.25, -0.2) is 4.79 Å². The minimum atomic E-state index is -0.994. The number of aromatic nitrogens is 2. The van der Waals surface area contributed by atoms with Crippen molar-refractivity contribution in [2.75, 3.05) is 51.3 Å². The van der Waals surface area contributed by atoms with Gasteiger partial charge >= 0.3 is 12.1 Å². The molecule has 0 radical (unpaired) electrons. The van der Waals surface area contributed by atoms with Crippen LogP contribution in [0.2, 0.25) is 0 Å². The molecule has 3 aliphatic rings. The topological polar surface area (TPSA) is 118 Å². The number of hydrogen-bond donors (Lipinski definition) is 2. The van der Waals surface area contributed by atoms with E-state index in [1.807, 2.05) is 30.3 Å². The van der Waals surface area contributed by atoms with Gasteiger partial charge in [-0.15, -0.1) is 0 Å². The molecule has 2 saturated heterocycles. The summed E-state index contributed by atoms with van der Waals surface area (Å²) in [6.07, 6.45) is 3.63. The van der Waals surface area contributed by atoms with Crippen LogP contribution in [0.4, 0.5) is 10.6 Å². The van der Waals surface area contributed by atoms with Gasteiger partial charge in [0.1, 0.15) is 12.4 Å². The van der Waals surface area contributed by atoms with Crippen molar-refractivity contribution < 1.29 is 14.6 Å². The molecule has 38 heavy (non-hydrogen) atoms. The number of hydrogen-bond acceptors (Lipinski definition) is 8. The molecule has 5 rings (SSSR count). The van der Waals surface area contributed by atoms with Gasteiger partial charge in [0.05, 0.1) is 23.7 Å². The Balaban J connectivity index is 1.49. The van der Waals surface area contributed by atoms with E-state index in [0.717, 1.165) is 55.0 Å². The summed E-state index contributed by atoms with van der Waals surface area (Å²) < 4.78 is 6.18. The first-order valence-electron chi connectivity index (χ1n) is 13.6. The van der Waals surface area contributed by atoms with Gasteiger partial charge in [0.2, 0.25) is 0 Å². The number of piperazine rings is 1. The fourth-order valence-corrected chi connectivity index (χ4v) is 6.13. The number of nitriles is 1. The number of carboxylic acid groups (broad SMARTS) is 1. The van der Waals surface area contributed by atoms with E-state index in [0.29, 0.717) is 51.3 Å². The van der Waals surface area contributed by atoms with Gasteiger partial charge in [0.15, 0.2) is 0 Å². The zero-order chi connectivity index (χ0) is 26.5. The van der Waals surface area contributed by atoms with E-state index < -0.39 is 11.6 Å². The number of likely N-dealkylation sites (tertiary alicyclic amines) is 1. The van der Waals surface area contributed by atoms with Crippen LogP contribution in [0.25, 0.3) is 0 Å². The molecule has 1 aromatic heterocycles. The summed E-state index contributed by atoms with van der Waals surface area (Å²) in [7, 11) is 2.12. The lowest BCUT2D eigenvalue weighted by atomic mass is 9.84. The number of nitrogens with zero attached hydrogens (tertiary/aromatic N) is 6. The average Bonchev–Trinajstić information content (AvgIpc) is 3.17. The third-order valence-electron chi connectivity index (χ3n) is 8.17. The Morgan fingerprint density at radius 3 is 2.82 bits per heavy atom. The van der Waals surface area contributed by atoms with Gasteiger partial charge in [0, 0.05) is 37.8 Å². The van der Waals surface area contributed by atoms with E-state index in [9.17, 15) is 15.2 Å². The molecule has 0 spiro atoms. The third kappa shape index (κ3) is 5.54. The van der Waals surface area contributed by atoms with Crippen LogP contribution in [0.1, 0.15) is 42.5 Å². The number of rotatable bonds is 7. The van der Waals surface area contributed by atoms with Crippen LogP contribution in [0.5, 0.6) is 6.01 Å². The number of benzene rings is 1. The second-order valence-corrected chi connectivity index (χ2v) is 10.7. The van der Waals surface area contributed by atoms with Crippen molar-refractivity contribution in [2.24, 2.45) is 0 Å². The number of fused-ring (bicyclic) bond motifs is 1. The molecular weight excluding hydrogens is 482 g/mol. The quantitative estimate of drug-likeness (QED) is 0.569. The monoisotopic (exact) mass is 519 g/mol. The van der Waals surface area contributed by atoms with Crippen LogP contribution in [0.15, 0.2) is 30.3 Å². The Morgan fingerprint density at radius 1 is 1.24 bits per heavy atom. The number of nitrogens with one attached hydrogen (secondary N) is 1. The lowest BCUT2D eigenvalue weighted by molar-refractivity contribution is 0.0668. The molecule has 2 aromatic rings. The van der Waals surface area contributed by atoms with E-state index in [1.54, 1.807) is 0 Å². The molecule has 3 aliphatic heterocycles. The van der Waals surface area contributed by atoms with Crippen LogP contribution in [0, 0.1) is 11.3 Å². The fraction of sp³-hybridized carbons (Fsp3) is 0.571. The predicted molar refractivity (Wildman–Crippen MR) is 143 cm³/mol. The highest BCUT2D eigenvalue weighted by Crippen LogP contribution is 2.35. The second kappa shape index (κ2) is 11.5. The summed E-state index contributed by atoms with van der Waals surface area (Å²) in [5.74, 6) is 0.814. The molecule has 1 aromatic carbocycles. The Morgan fingerprint density at radius 2 is 2.08 bits per heavy atom. The maximum absolute atomic E-state index is 12.4. The van der Waals surface area contributed by atoms with Crippen molar-refractivity contribution in [3.8, 4) is 12.1 Å². The number of carbonyl (C=O) groups is 1. The van der Waals surface area contributed by atoms with E-state index in [2.05, 4.69) is 28.2 Å². The zero-order valence-corrected chi connectivity index (χ0v) is 22.1. The second-order valence-electron chi connectivity index (χ2n) is 10.7. The fourth-order valence-electron chi connectivity index (χ4n) is 6.13. The van der Waals surface area contributed by atoms with Gasteiger partial charge < -0.3 is 25.0 Å². The van der Waals surface area contributed by atoms with Gasteiger partial charge in [-0.1, -0.05) is 30.3 Å². The van der Waals surface area contributed by atoms with Crippen LogP contribution >= 0.6 is 0 Å². The van der Waals surface area contributed by atoms with Crippen molar-refractivity contribution in [2.45, 2.75) is 56.7 Å². The van der Waals surface area contributed by atoms with Crippen LogP contribution < -0.4 is 15.0 Å². The molecule has 0 saturated carbocycles. The first-order chi connectivity index (χ1) is 18.5. The van der Waals surface area contributed by atoms with Crippen molar-refractivity contribution in [3.05, 3.63) is 47.2 Å². The molecule has 0 bridgehead atoms. The average molecular weight is 520 g/mol. The molecule has 2 atom stereocenters. The lowest BCUT2D eigenvalue weighted by Crippen LogP contribution is -2.65. The van der Waals surface area contributed by atoms with Crippen LogP contribution in [-0.4, -0.2) is 88.9 Å². The number of likely N-dealkylation sites (N-methyl/N-ethyl adjacent to an activating group) is 1. The zero-order valence-electron chi connectivity index (χ0n) is 22.1. The smallest absolute Gasteiger partial charge is 0.407 e. The van der Waals surface area contributed by atoms with Gasteiger partial charge in [-0.2, -0.15) is 15.2 Å². The van der Waals surface area contributed by atoms with Crippen LogP contribution in [-0.2, 0) is 19.4 Å². The largest absolute Gasteiger partial charge is 0.465 e. The number of anilines is 1. The van der Waals surface area contributed by atoms with E-state index in [-0.39, 0.29) is 6.42 Å². The predicted octanol–water partition coefficient (Wildman–Crippen LogP) is 2.68. The maximum atomic E-state index is 12.4. The first kappa shape index (κ1) is 26.2. The summed E-state index contributed by atoms with van der Waals surface area (Å²) in [6, 6.07) is 12.8. The lowest BCUT2D eigenvalue weighted by Gasteiger charge is -2.49. The van der Waals surface area contributed by atoms with E-state index in [4.69, 9.17) is 14.7 Å². The highest BCUT2D eigenvalue weighted by Gasteiger charge is 2.45. The number of ether oxygens (including phenoxy) is 1. The van der Waals surface area contributed by atoms with Gasteiger partial charge in [-0.3, -0.25) is 4.90 Å².